The lowest BCUT2D eigenvalue weighted by atomic mass is 9.97. The van der Waals surface area contributed by atoms with Crippen LogP contribution in [0.1, 0.15) is 53.1 Å². The number of hydrogen-bond acceptors (Lipinski definition) is 4. The van der Waals surface area contributed by atoms with Crippen molar-refractivity contribution < 1.29 is 9.53 Å². The average Bonchev–Trinajstić information content (AvgIpc) is 3.16. The van der Waals surface area contributed by atoms with Gasteiger partial charge in [0.2, 0.25) is 5.88 Å². The van der Waals surface area contributed by atoms with Crippen LogP contribution in [0.25, 0.3) is 0 Å². The molecule has 2 aliphatic rings. The normalized spacial score (nSPS) is 16.6. The van der Waals surface area contributed by atoms with E-state index in [0.29, 0.717) is 11.6 Å². The van der Waals surface area contributed by atoms with Crippen LogP contribution in [0, 0.1) is 6.92 Å². The Morgan fingerprint density at radius 3 is 2.48 bits per heavy atom. The molecule has 130 valence electrons. The van der Waals surface area contributed by atoms with Gasteiger partial charge in [-0.3, -0.25) is 4.79 Å². The maximum absolute atomic E-state index is 12.4. The molecule has 0 N–H and O–H groups in total. The van der Waals surface area contributed by atoms with Crippen LogP contribution in [0.15, 0.2) is 24.3 Å². The van der Waals surface area contributed by atoms with Crippen molar-refractivity contribution >= 4 is 5.91 Å². The lowest BCUT2D eigenvalue weighted by molar-refractivity contribution is 0.0793. The molecule has 1 aliphatic heterocycles. The first-order chi connectivity index (χ1) is 12.2. The third-order valence-corrected chi connectivity index (χ3v) is 4.97. The van der Waals surface area contributed by atoms with Gasteiger partial charge in [0.25, 0.3) is 5.91 Å². The minimum absolute atomic E-state index is 0.110. The van der Waals surface area contributed by atoms with E-state index in [-0.39, 0.29) is 5.91 Å². The Kier molecular flexibility index (Phi) is 4.38. The van der Waals surface area contributed by atoms with Gasteiger partial charge in [0.15, 0.2) is 0 Å². The molecule has 25 heavy (non-hydrogen) atoms. The van der Waals surface area contributed by atoms with Gasteiger partial charge in [-0.15, -0.1) is 0 Å². The molecule has 1 amide bonds. The molecule has 0 atom stereocenters. The van der Waals surface area contributed by atoms with Crippen LogP contribution in [0.2, 0.25) is 0 Å². The van der Waals surface area contributed by atoms with E-state index in [1.165, 1.54) is 6.42 Å². The molecular formula is C20H23N3O2. The first-order valence-electron chi connectivity index (χ1n) is 9.14. The molecule has 1 aliphatic carbocycles. The Labute approximate surface area is 148 Å². The second kappa shape index (κ2) is 6.82. The third kappa shape index (κ3) is 3.36. The van der Waals surface area contributed by atoms with Gasteiger partial charge < -0.3 is 9.64 Å². The Morgan fingerprint density at radius 1 is 1.00 bits per heavy atom. The highest BCUT2D eigenvalue weighted by Crippen LogP contribution is 2.30. The number of hydrogen-bond donors (Lipinski definition) is 0. The van der Waals surface area contributed by atoms with Crippen LogP contribution < -0.4 is 4.74 Å². The largest absolute Gasteiger partial charge is 0.439 e. The second-order valence-electron chi connectivity index (χ2n) is 6.83. The van der Waals surface area contributed by atoms with E-state index < -0.39 is 0 Å². The molecule has 0 unspecified atom stereocenters. The molecule has 1 aromatic carbocycles. The maximum atomic E-state index is 12.4. The predicted octanol–water partition coefficient (Wildman–Crippen LogP) is 3.69. The molecule has 0 saturated carbocycles. The molecule has 1 saturated heterocycles. The summed E-state index contributed by atoms with van der Waals surface area (Å²) in [5.74, 6) is 2.24. The highest BCUT2D eigenvalue weighted by Gasteiger charge is 2.20. The number of carbonyl (C=O) groups excluding carboxylic acids is 1. The highest BCUT2D eigenvalue weighted by atomic mass is 16.5. The van der Waals surface area contributed by atoms with Gasteiger partial charge in [-0.1, -0.05) is 0 Å². The van der Waals surface area contributed by atoms with Gasteiger partial charge in [0.05, 0.1) is 5.69 Å². The van der Waals surface area contributed by atoms with Gasteiger partial charge in [-0.25, -0.2) is 4.98 Å². The second-order valence-corrected chi connectivity index (χ2v) is 6.83. The zero-order chi connectivity index (χ0) is 17.2. The maximum Gasteiger partial charge on any atom is 0.253 e. The Hall–Kier alpha value is -2.43. The van der Waals surface area contributed by atoms with Crippen molar-refractivity contribution in [2.45, 2.75) is 45.4 Å². The Bertz CT molecular complexity index is 780. The van der Waals surface area contributed by atoms with E-state index in [4.69, 9.17) is 4.74 Å². The van der Waals surface area contributed by atoms with Crippen molar-refractivity contribution in [2.75, 3.05) is 13.1 Å². The van der Waals surface area contributed by atoms with Gasteiger partial charge in [-0.2, -0.15) is 4.98 Å². The molecule has 4 rings (SSSR count). The van der Waals surface area contributed by atoms with Crippen LogP contribution in [-0.4, -0.2) is 33.9 Å². The van der Waals surface area contributed by atoms with Crippen LogP contribution in [-0.2, 0) is 12.8 Å². The molecule has 2 aromatic rings. The molecule has 2 heterocycles. The zero-order valence-corrected chi connectivity index (χ0v) is 14.6. The minimum Gasteiger partial charge on any atom is -0.439 e. The summed E-state index contributed by atoms with van der Waals surface area (Å²) in [5.41, 5.74) is 2.97. The van der Waals surface area contributed by atoms with Gasteiger partial charge in [0.1, 0.15) is 11.6 Å². The number of rotatable bonds is 3. The number of benzene rings is 1. The van der Waals surface area contributed by atoms with Crippen LogP contribution in [0.3, 0.4) is 0 Å². The molecule has 0 radical (unpaired) electrons. The monoisotopic (exact) mass is 337 g/mol. The summed E-state index contributed by atoms with van der Waals surface area (Å²) in [6.45, 7) is 3.63. The summed E-state index contributed by atoms with van der Waals surface area (Å²) < 4.78 is 6.04. The Balaban J connectivity index is 1.53. The van der Waals surface area contributed by atoms with Crippen molar-refractivity contribution in [1.82, 2.24) is 14.9 Å². The van der Waals surface area contributed by atoms with E-state index in [2.05, 4.69) is 9.97 Å². The highest BCUT2D eigenvalue weighted by molar-refractivity contribution is 5.94. The van der Waals surface area contributed by atoms with E-state index >= 15 is 0 Å². The fourth-order valence-corrected chi connectivity index (χ4v) is 3.64. The summed E-state index contributed by atoms with van der Waals surface area (Å²) in [5, 5.41) is 0. The van der Waals surface area contributed by atoms with Crippen molar-refractivity contribution in [3.63, 3.8) is 0 Å². The number of fused-ring (bicyclic) bond motifs is 1. The van der Waals surface area contributed by atoms with Crippen molar-refractivity contribution in [3.05, 3.63) is 46.9 Å². The predicted molar refractivity (Wildman–Crippen MR) is 95.1 cm³/mol. The van der Waals surface area contributed by atoms with Crippen LogP contribution in [0.4, 0.5) is 0 Å². The van der Waals surface area contributed by atoms with E-state index in [0.717, 1.165) is 67.8 Å². The fraction of sp³-hybridized carbons (Fsp3) is 0.450. The van der Waals surface area contributed by atoms with E-state index in [1.54, 1.807) is 0 Å². The number of nitrogens with zero attached hydrogens (tertiary/aromatic N) is 3. The quantitative estimate of drug-likeness (QED) is 0.857. The zero-order valence-electron chi connectivity index (χ0n) is 14.6. The molecule has 5 nitrogen and oxygen atoms in total. The number of aryl methyl sites for hydroxylation is 2. The molecule has 0 bridgehead atoms. The number of aromatic nitrogens is 2. The van der Waals surface area contributed by atoms with Crippen LogP contribution >= 0.6 is 0 Å². The average molecular weight is 337 g/mol. The first kappa shape index (κ1) is 16.1. The number of likely N-dealkylation sites (tertiary alicyclic amines) is 1. The topological polar surface area (TPSA) is 55.3 Å². The molecular weight excluding hydrogens is 314 g/mol. The van der Waals surface area contributed by atoms with E-state index in [9.17, 15) is 4.79 Å². The lowest BCUT2D eigenvalue weighted by Gasteiger charge is -2.18. The molecule has 1 aromatic heterocycles. The summed E-state index contributed by atoms with van der Waals surface area (Å²) in [4.78, 5) is 23.4. The number of ether oxygens (including phenoxy) is 1. The van der Waals surface area contributed by atoms with Crippen molar-refractivity contribution in [3.8, 4) is 11.6 Å². The third-order valence-electron chi connectivity index (χ3n) is 4.97. The Morgan fingerprint density at radius 2 is 1.72 bits per heavy atom. The standard InChI is InChI=1S/C20H23N3O2/c1-14-21-18-7-3-2-6-17(18)19(22-14)25-16-10-8-15(9-11-16)20(24)23-12-4-5-13-23/h8-11H,2-7,12-13H2,1H3. The lowest BCUT2D eigenvalue weighted by Crippen LogP contribution is -2.27. The molecule has 0 spiro atoms. The number of amides is 1. The van der Waals surface area contributed by atoms with Crippen molar-refractivity contribution in [2.24, 2.45) is 0 Å². The van der Waals surface area contributed by atoms with Crippen molar-refractivity contribution in [1.29, 1.82) is 0 Å². The summed E-state index contributed by atoms with van der Waals surface area (Å²) in [6.07, 6.45) is 6.50. The number of carbonyl (C=O) groups is 1. The summed E-state index contributed by atoms with van der Waals surface area (Å²) >= 11 is 0. The van der Waals surface area contributed by atoms with Gasteiger partial charge >= 0.3 is 0 Å². The summed E-state index contributed by atoms with van der Waals surface area (Å²) in [7, 11) is 0. The minimum atomic E-state index is 0.110. The van der Waals surface area contributed by atoms with E-state index in [1.807, 2.05) is 36.1 Å². The van der Waals surface area contributed by atoms with Gasteiger partial charge in [-0.05, 0) is 69.7 Å². The molecule has 5 heteroatoms. The molecule has 1 fully saturated rings. The van der Waals surface area contributed by atoms with Crippen LogP contribution in [0.5, 0.6) is 11.6 Å². The summed E-state index contributed by atoms with van der Waals surface area (Å²) in [6, 6.07) is 7.40. The van der Waals surface area contributed by atoms with Gasteiger partial charge in [0, 0.05) is 24.2 Å². The SMILES string of the molecule is Cc1nc2c(c(Oc3ccc(C(=O)N4CCCC4)cc3)n1)CCCC2. The smallest absolute Gasteiger partial charge is 0.253 e. The fourth-order valence-electron chi connectivity index (χ4n) is 3.64. The first-order valence-corrected chi connectivity index (χ1v) is 9.14.